The molecular formula is C24H31N3O. The third kappa shape index (κ3) is 3.79. The molecule has 2 aliphatic heterocycles. The van der Waals surface area contributed by atoms with Gasteiger partial charge in [-0.2, -0.15) is 0 Å². The number of amides is 2. The number of benzene rings is 2. The molecule has 1 saturated heterocycles. The molecule has 2 aromatic carbocycles. The van der Waals surface area contributed by atoms with E-state index in [2.05, 4.69) is 77.5 Å². The van der Waals surface area contributed by atoms with Crippen molar-refractivity contribution in [2.75, 3.05) is 19.6 Å². The number of nitrogens with one attached hydrogen (secondary N) is 1. The van der Waals surface area contributed by atoms with Crippen molar-refractivity contribution in [3.63, 3.8) is 0 Å². The molecular weight excluding hydrogens is 346 g/mol. The summed E-state index contributed by atoms with van der Waals surface area (Å²) in [7, 11) is 0. The van der Waals surface area contributed by atoms with Gasteiger partial charge in [0.1, 0.15) is 0 Å². The van der Waals surface area contributed by atoms with Gasteiger partial charge in [0.2, 0.25) is 0 Å². The molecule has 2 heterocycles. The Bertz CT molecular complexity index is 797. The number of piperidine rings is 1. The van der Waals surface area contributed by atoms with E-state index >= 15 is 0 Å². The standard InChI is InChI=1S/C24H31N3O/c1-18(2)26-16-13-21(14-17-26)27-23(20-9-4-3-5-10-20)22-11-7-6-8-19(22)12-15-25-24(27)28/h3-11,18,21,23H,12-17H2,1-2H3,(H,25,28). The second-order valence-corrected chi connectivity index (χ2v) is 8.26. The topological polar surface area (TPSA) is 35.6 Å². The maximum absolute atomic E-state index is 13.3. The number of nitrogens with zero attached hydrogens (tertiary/aromatic N) is 2. The molecule has 0 radical (unpaired) electrons. The highest BCUT2D eigenvalue weighted by atomic mass is 16.2. The highest BCUT2D eigenvalue weighted by molar-refractivity contribution is 5.76. The van der Waals surface area contributed by atoms with Gasteiger partial charge < -0.3 is 15.1 Å². The minimum absolute atomic E-state index is 0.0340. The van der Waals surface area contributed by atoms with E-state index in [-0.39, 0.29) is 18.1 Å². The van der Waals surface area contributed by atoms with E-state index in [9.17, 15) is 4.79 Å². The first-order valence-electron chi connectivity index (χ1n) is 10.6. The number of likely N-dealkylation sites (tertiary alicyclic amines) is 1. The predicted octanol–water partition coefficient (Wildman–Crippen LogP) is 4.22. The zero-order valence-corrected chi connectivity index (χ0v) is 17.0. The zero-order chi connectivity index (χ0) is 19.5. The predicted molar refractivity (Wildman–Crippen MR) is 113 cm³/mol. The maximum atomic E-state index is 13.3. The lowest BCUT2D eigenvalue weighted by Crippen LogP contribution is -2.54. The molecule has 0 aliphatic carbocycles. The van der Waals surface area contributed by atoms with Gasteiger partial charge in [-0.25, -0.2) is 4.79 Å². The molecule has 0 bridgehead atoms. The minimum Gasteiger partial charge on any atom is -0.338 e. The number of rotatable bonds is 3. The van der Waals surface area contributed by atoms with Crippen LogP contribution in [0.2, 0.25) is 0 Å². The summed E-state index contributed by atoms with van der Waals surface area (Å²) in [5.41, 5.74) is 3.80. The summed E-state index contributed by atoms with van der Waals surface area (Å²) in [5.74, 6) is 0. The molecule has 0 saturated carbocycles. The highest BCUT2D eigenvalue weighted by Gasteiger charge is 2.36. The van der Waals surface area contributed by atoms with E-state index in [4.69, 9.17) is 0 Å². The lowest BCUT2D eigenvalue weighted by molar-refractivity contribution is 0.0901. The Balaban J connectivity index is 1.74. The van der Waals surface area contributed by atoms with Crippen LogP contribution in [0.3, 0.4) is 0 Å². The van der Waals surface area contributed by atoms with E-state index in [0.29, 0.717) is 12.6 Å². The lowest BCUT2D eigenvalue weighted by Gasteiger charge is -2.44. The van der Waals surface area contributed by atoms with Crippen molar-refractivity contribution in [2.24, 2.45) is 0 Å². The van der Waals surface area contributed by atoms with Crippen LogP contribution in [-0.2, 0) is 6.42 Å². The molecule has 4 heteroatoms. The van der Waals surface area contributed by atoms with Crippen molar-refractivity contribution < 1.29 is 4.79 Å². The number of hydrogen-bond acceptors (Lipinski definition) is 2. The van der Waals surface area contributed by atoms with Crippen LogP contribution in [-0.4, -0.2) is 47.5 Å². The van der Waals surface area contributed by atoms with E-state index in [0.717, 1.165) is 32.4 Å². The zero-order valence-electron chi connectivity index (χ0n) is 17.0. The Morgan fingerprint density at radius 2 is 1.64 bits per heavy atom. The normalized spacial score (nSPS) is 21.8. The molecule has 1 atom stereocenters. The Morgan fingerprint density at radius 3 is 2.36 bits per heavy atom. The first kappa shape index (κ1) is 19.0. The molecule has 4 nitrogen and oxygen atoms in total. The van der Waals surface area contributed by atoms with Crippen molar-refractivity contribution in [3.8, 4) is 0 Å². The lowest BCUT2D eigenvalue weighted by atomic mass is 9.88. The average Bonchev–Trinajstić information content (AvgIpc) is 2.72. The third-order valence-electron chi connectivity index (χ3n) is 6.27. The molecule has 4 rings (SSSR count). The van der Waals surface area contributed by atoms with Gasteiger partial charge in [0.05, 0.1) is 6.04 Å². The Labute approximate surface area is 168 Å². The molecule has 2 amide bonds. The van der Waals surface area contributed by atoms with Crippen molar-refractivity contribution in [1.82, 2.24) is 15.1 Å². The van der Waals surface area contributed by atoms with Crippen molar-refractivity contribution in [1.29, 1.82) is 0 Å². The largest absolute Gasteiger partial charge is 0.338 e. The highest BCUT2D eigenvalue weighted by Crippen LogP contribution is 2.36. The first-order chi connectivity index (χ1) is 13.6. The van der Waals surface area contributed by atoms with Crippen LogP contribution in [0.4, 0.5) is 4.79 Å². The van der Waals surface area contributed by atoms with Gasteiger partial charge in [-0.15, -0.1) is 0 Å². The Morgan fingerprint density at radius 1 is 0.964 bits per heavy atom. The van der Waals surface area contributed by atoms with Crippen LogP contribution in [0, 0.1) is 0 Å². The maximum Gasteiger partial charge on any atom is 0.318 e. The van der Waals surface area contributed by atoms with Crippen molar-refractivity contribution >= 4 is 6.03 Å². The van der Waals surface area contributed by atoms with Gasteiger partial charge in [-0.1, -0.05) is 54.6 Å². The van der Waals surface area contributed by atoms with E-state index in [1.54, 1.807) is 0 Å². The molecule has 2 aromatic rings. The molecule has 148 valence electrons. The summed E-state index contributed by atoms with van der Waals surface area (Å²) in [4.78, 5) is 17.9. The van der Waals surface area contributed by atoms with Crippen LogP contribution in [0.5, 0.6) is 0 Å². The molecule has 0 aromatic heterocycles. The quantitative estimate of drug-likeness (QED) is 0.869. The minimum atomic E-state index is -0.0340. The average molecular weight is 378 g/mol. The Kier molecular flexibility index (Phi) is 5.67. The number of hydrogen-bond donors (Lipinski definition) is 1. The molecule has 2 aliphatic rings. The first-order valence-corrected chi connectivity index (χ1v) is 10.6. The summed E-state index contributed by atoms with van der Waals surface area (Å²) in [5, 5.41) is 3.18. The van der Waals surface area contributed by atoms with Gasteiger partial charge in [0.25, 0.3) is 0 Å². The van der Waals surface area contributed by atoms with E-state index in [1.807, 2.05) is 6.07 Å². The van der Waals surface area contributed by atoms with Gasteiger partial charge in [0.15, 0.2) is 0 Å². The van der Waals surface area contributed by atoms with Crippen molar-refractivity contribution in [2.45, 2.75) is 51.2 Å². The third-order valence-corrected chi connectivity index (χ3v) is 6.27. The van der Waals surface area contributed by atoms with Gasteiger partial charge >= 0.3 is 6.03 Å². The SMILES string of the molecule is CC(C)N1CCC(N2C(=O)NCCc3ccccc3C2c2ccccc2)CC1. The van der Waals surface area contributed by atoms with Crippen LogP contribution in [0.1, 0.15) is 49.4 Å². The molecule has 0 spiro atoms. The summed E-state index contributed by atoms with van der Waals surface area (Å²) in [6, 6.07) is 20.0. The number of carbonyl (C=O) groups excluding carboxylic acids is 1. The van der Waals surface area contributed by atoms with Crippen molar-refractivity contribution in [3.05, 3.63) is 71.3 Å². The van der Waals surface area contributed by atoms with Crippen LogP contribution in [0.15, 0.2) is 54.6 Å². The number of carbonyl (C=O) groups is 1. The monoisotopic (exact) mass is 377 g/mol. The van der Waals surface area contributed by atoms with Gasteiger partial charge in [-0.3, -0.25) is 0 Å². The molecule has 1 N–H and O–H groups in total. The summed E-state index contributed by atoms with van der Waals surface area (Å²) < 4.78 is 0. The molecule has 1 fully saturated rings. The van der Waals surface area contributed by atoms with Crippen LogP contribution >= 0.6 is 0 Å². The smallest absolute Gasteiger partial charge is 0.318 e. The van der Waals surface area contributed by atoms with Crippen LogP contribution in [0.25, 0.3) is 0 Å². The fraction of sp³-hybridized carbons (Fsp3) is 0.458. The number of fused-ring (bicyclic) bond motifs is 1. The van der Waals surface area contributed by atoms with Gasteiger partial charge in [-0.05, 0) is 49.8 Å². The fourth-order valence-electron chi connectivity index (χ4n) is 4.72. The number of urea groups is 1. The summed E-state index contributed by atoms with van der Waals surface area (Å²) in [6.07, 6.45) is 2.93. The van der Waals surface area contributed by atoms with E-state index in [1.165, 1.54) is 16.7 Å². The summed E-state index contributed by atoms with van der Waals surface area (Å²) >= 11 is 0. The van der Waals surface area contributed by atoms with Gasteiger partial charge in [0, 0.05) is 31.7 Å². The second kappa shape index (κ2) is 8.36. The molecule has 28 heavy (non-hydrogen) atoms. The van der Waals surface area contributed by atoms with E-state index < -0.39 is 0 Å². The second-order valence-electron chi connectivity index (χ2n) is 8.26. The Hall–Kier alpha value is -2.33. The molecule has 1 unspecified atom stereocenters. The fourth-order valence-corrected chi connectivity index (χ4v) is 4.72. The van der Waals surface area contributed by atoms with Crippen LogP contribution < -0.4 is 5.32 Å². The summed E-state index contributed by atoms with van der Waals surface area (Å²) in [6.45, 7) is 7.31.